The van der Waals surface area contributed by atoms with Gasteiger partial charge in [0.2, 0.25) is 0 Å². The number of carbonyl (C=O) groups excluding carboxylic acids is 2. The first-order valence-electron chi connectivity index (χ1n) is 15.5. The number of amides is 2. The molecule has 6 rings (SSSR count). The number of aromatic nitrogens is 2. The summed E-state index contributed by atoms with van der Waals surface area (Å²) >= 11 is 7.92. The second kappa shape index (κ2) is 12.2. The minimum absolute atomic E-state index is 0.0525. The maximum absolute atomic E-state index is 15.2. The van der Waals surface area contributed by atoms with Gasteiger partial charge in [-0.2, -0.15) is 15.2 Å². The van der Waals surface area contributed by atoms with E-state index in [1.165, 1.54) is 13.2 Å². The Morgan fingerprint density at radius 3 is 2.31 bits per heavy atom. The maximum Gasteiger partial charge on any atom is 0.412 e. The van der Waals surface area contributed by atoms with Gasteiger partial charge in [-0.25, -0.2) is 14.0 Å². The molecule has 0 aliphatic carbocycles. The molecular weight excluding hydrogens is 659 g/mol. The van der Waals surface area contributed by atoms with Crippen molar-refractivity contribution in [1.29, 1.82) is 5.26 Å². The van der Waals surface area contributed by atoms with Crippen LogP contribution in [0.2, 0.25) is 5.02 Å². The summed E-state index contributed by atoms with van der Waals surface area (Å²) in [4.78, 5) is 39.0. The number of piperazine rings is 1. The van der Waals surface area contributed by atoms with Crippen LogP contribution in [0.1, 0.15) is 59.9 Å². The maximum atomic E-state index is 15.2. The first kappa shape index (κ1) is 33.5. The number of halogens is 2. The third-order valence-corrected chi connectivity index (χ3v) is 9.55. The monoisotopic (exact) mass is 694 g/mol. The third-order valence-electron chi connectivity index (χ3n) is 8.12. The molecule has 2 aromatic heterocycles. The molecule has 2 aliphatic heterocycles. The van der Waals surface area contributed by atoms with Gasteiger partial charge in [-0.1, -0.05) is 17.7 Å². The van der Waals surface area contributed by atoms with Crippen molar-refractivity contribution >= 4 is 66.9 Å². The summed E-state index contributed by atoms with van der Waals surface area (Å²) in [5.74, 6) is 0.0724. The largest absolute Gasteiger partial charge is 0.467 e. The molecule has 2 amide bonds. The van der Waals surface area contributed by atoms with Crippen molar-refractivity contribution in [1.82, 2.24) is 14.9 Å². The van der Waals surface area contributed by atoms with Gasteiger partial charge in [0.25, 0.3) is 0 Å². The van der Waals surface area contributed by atoms with Crippen LogP contribution >= 0.6 is 22.9 Å². The normalized spacial score (nSPS) is 17.8. The van der Waals surface area contributed by atoms with Gasteiger partial charge in [0.05, 0.1) is 35.0 Å². The second-order valence-electron chi connectivity index (χ2n) is 13.9. The number of nitriles is 1. The lowest BCUT2D eigenvalue weighted by atomic mass is 9.97. The van der Waals surface area contributed by atoms with E-state index in [0.717, 1.165) is 24.2 Å². The summed E-state index contributed by atoms with van der Waals surface area (Å²) in [5, 5.41) is 14.3. The fourth-order valence-electron chi connectivity index (χ4n) is 6.33. The molecule has 1 N–H and O–H groups in total. The fourth-order valence-corrected chi connectivity index (χ4v) is 7.66. The van der Waals surface area contributed by atoms with E-state index in [9.17, 15) is 14.9 Å². The zero-order valence-corrected chi connectivity index (χ0v) is 29.3. The second-order valence-corrected chi connectivity index (χ2v) is 15.3. The van der Waals surface area contributed by atoms with Gasteiger partial charge < -0.3 is 19.1 Å². The van der Waals surface area contributed by atoms with E-state index in [2.05, 4.69) is 21.3 Å². The Morgan fingerprint density at radius 2 is 1.71 bits per heavy atom. The van der Waals surface area contributed by atoms with Gasteiger partial charge in [0.1, 0.15) is 33.9 Å². The highest BCUT2D eigenvalue weighted by Crippen LogP contribution is 2.45. The highest BCUT2D eigenvalue weighted by atomic mass is 35.5. The molecule has 0 saturated carbocycles. The van der Waals surface area contributed by atoms with Crippen LogP contribution in [0, 0.1) is 17.1 Å². The molecular formula is C34H36ClFN6O5S. The van der Waals surface area contributed by atoms with Crippen molar-refractivity contribution in [3.63, 3.8) is 0 Å². The molecule has 48 heavy (non-hydrogen) atoms. The first-order chi connectivity index (χ1) is 22.6. The molecule has 4 heterocycles. The summed E-state index contributed by atoms with van der Waals surface area (Å²) in [6.45, 7) is 11.8. The van der Waals surface area contributed by atoms with Crippen molar-refractivity contribution in [2.45, 2.75) is 77.7 Å². The van der Waals surface area contributed by atoms with Crippen LogP contribution in [-0.2, 0) is 9.47 Å². The Hall–Kier alpha value is -4.41. The number of thiophene rings is 1. The highest BCUT2D eigenvalue weighted by molar-refractivity contribution is 7.23. The quantitative estimate of drug-likeness (QED) is 0.225. The standard InChI is InChI=1S/C34H36ClFN6O5S/c1-33(2,3)46-31(43)40-29-22(14-37)26-19(10-11-24(36)27(26)48-29)20-13-25-21(12-23(20)35)28(39-30(38-25)45-7)41-15-17-8-9-18(16-41)42(17)32(44)47-34(4,5)6/h10-13,17-18H,8-9,15-16H2,1-7H3,(H,40,43). The number of methoxy groups -OCH3 is 1. The van der Waals surface area contributed by atoms with Crippen LogP contribution in [0.3, 0.4) is 0 Å². The summed E-state index contributed by atoms with van der Waals surface area (Å²) in [6, 6.07) is 8.56. The molecule has 2 fully saturated rings. The molecule has 11 nitrogen and oxygen atoms in total. The lowest BCUT2D eigenvalue weighted by molar-refractivity contribution is 0.0122. The van der Waals surface area contributed by atoms with Gasteiger partial charge in [0, 0.05) is 34.4 Å². The number of fused-ring (bicyclic) bond motifs is 4. The Kier molecular flexibility index (Phi) is 8.54. The van der Waals surface area contributed by atoms with Gasteiger partial charge in [0.15, 0.2) is 0 Å². The number of nitrogens with zero attached hydrogens (tertiary/aromatic N) is 5. The predicted octanol–water partition coefficient (Wildman–Crippen LogP) is 8.12. The molecule has 2 aliphatic rings. The molecule has 14 heteroatoms. The minimum Gasteiger partial charge on any atom is -0.467 e. The molecule has 4 aromatic rings. The number of anilines is 2. The van der Waals surface area contributed by atoms with Crippen molar-refractivity contribution < 1.29 is 28.2 Å². The molecule has 0 spiro atoms. The Morgan fingerprint density at radius 1 is 1.04 bits per heavy atom. The summed E-state index contributed by atoms with van der Waals surface area (Å²) < 4.78 is 32.0. The molecule has 252 valence electrons. The molecule has 2 saturated heterocycles. The van der Waals surface area contributed by atoms with E-state index in [1.54, 1.807) is 39.0 Å². The van der Waals surface area contributed by atoms with E-state index >= 15 is 4.39 Å². The number of hydrogen-bond donors (Lipinski definition) is 1. The van der Waals surface area contributed by atoms with E-state index in [0.29, 0.717) is 51.3 Å². The zero-order chi connectivity index (χ0) is 34.7. The number of nitrogens with one attached hydrogen (secondary N) is 1. The van der Waals surface area contributed by atoms with Gasteiger partial charge in [-0.3, -0.25) is 10.2 Å². The van der Waals surface area contributed by atoms with Gasteiger partial charge in [-0.15, -0.1) is 11.3 Å². The van der Waals surface area contributed by atoms with E-state index in [1.807, 2.05) is 25.7 Å². The number of benzene rings is 2. The number of ether oxygens (including phenoxy) is 3. The topological polar surface area (TPSA) is 130 Å². The summed E-state index contributed by atoms with van der Waals surface area (Å²) in [7, 11) is 1.49. The lowest BCUT2D eigenvalue weighted by Crippen LogP contribution is -2.57. The predicted molar refractivity (Wildman–Crippen MR) is 184 cm³/mol. The van der Waals surface area contributed by atoms with Crippen molar-refractivity contribution in [2.75, 3.05) is 30.4 Å². The highest BCUT2D eigenvalue weighted by Gasteiger charge is 2.45. The summed E-state index contributed by atoms with van der Waals surface area (Å²) in [6.07, 6.45) is 0.623. The number of hydrogen-bond acceptors (Lipinski definition) is 10. The molecule has 2 unspecified atom stereocenters. The van der Waals surface area contributed by atoms with Gasteiger partial charge in [-0.05, 0) is 78.1 Å². The third kappa shape index (κ3) is 6.39. The van der Waals surface area contributed by atoms with Crippen LogP contribution in [-0.4, -0.2) is 70.5 Å². The lowest BCUT2D eigenvalue weighted by Gasteiger charge is -2.42. The van der Waals surface area contributed by atoms with E-state index in [-0.39, 0.29) is 39.5 Å². The van der Waals surface area contributed by atoms with Gasteiger partial charge >= 0.3 is 18.2 Å². The van der Waals surface area contributed by atoms with Crippen LogP contribution in [0.15, 0.2) is 24.3 Å². The zero-order valence-electron chi connectivity index (χ0n) is 27.7. The Labute approximate surface area is 286 Å². The molecule has 2 bridgehead atoms. The van der Waals surface area contributed by atoms with Crippen LogP contribution in [0.4, 0.5) is 24.8 Å². The Balaban J connectivity index is 1.41. The fraction of sp³-hybridized carbons (Fsp3) is 0.441. The summed E-state index contributed by atoms with van der Waals surface area (Å²) in [5.41, 5.74) is 0.250. The van der Waals surface area contributed by atoms with Crippen LogP contribution < -0.4 is 15.0 Å². The molecule has 0 radical (unpaired) electrons. The minimum atomic E-state index is -0.768. The molecule has 2 aromatic carbocycles. The number of rotatable bonds is 4. The van der Waals surface area contributed by atoms with E-state index < -0.39 is 23.1 Å². The Bertz CT molecular complexity index is 1980. The van der Waals surface area contributed by atoms with Crippen molar-refractivity contribution in [2.24, 2.45) is 0 Å². The smallest absolute Gasteiger partial charge is 0.412 e. The SMILES string of the molecule is COc1nc(N2CC3CCC(C2)N3C(=O)OC(C)(C)C)c2cc(Cl)c(-c3ccc(F)c4sc(NC(=O)OC(C)(C)C)c(C#N)c34)cc2n1. The average molecular weight is 695 g/mol. The first-order valence-corrected chi connectivity index (χ1v) is 16.7. The van der Waals surface area contributed by atoms with E-state index in [4.69, 9.17) is 30.8 Å². The molecule has 2 atom stereocenters. The van der Waals surface area contributed by atoms with Crippen LogP contribution in [0.25, 0.3) is 32.1 Å². The average Bonchev–Trinajstić information content (AvgIpc) is 3.48. The number of carbonyl (C=O) groups is 2. The van der Waals surface area contributed by atoms with Crippen LogP contribution in [0.5, 0.6) is 6.01 Å². The van der Waals surface area contributed by atoms with Crippen molar-refractivity contribution in [3.05, 3.63) is 40.7 Å². The van der Waals surface area contributed by atoms with Crippen molar-refractivity contribution in [3.8, 4) is 23.2 Å².